The van der Waals surface area contributed by atoms with Crippen molar-refractivity contribution in [3.8, 4) is 5.69 Å². The molecule has 0 aliphatic carbocycles. The second kappa shape index (κ2) is 10.5. The van der Waals surface area contributed by atoms with Gasteiger partial charge in [-0.2, -0.15) is 10.2 Å². The number of nitrogens with zero attached hydrogens (tertiary/aromatic N) is 4. The summed E-state index contributed by atoms with van der Waals surface area (Å²) >= 11 is 6.06. The number of hydrogen-bond acceptors (Lipinski definition) is 5. The van der Waals surface area contributed by atoms with Gasteiger partial charge in [0.25, 0.3) is 17.4 Å². The van der Waals surface area contributed by atoms with Gasteiger partial charge in [0, 0.05) is 17.0 Å². The number of aryl methyl sites for hydroxylation is 1. The molecule has 0 radical (unpaired) electrons. The third-order valence-electron chi connectivity index (χ3n) is 5.65. The van der Waals surface area contributed by atoms with E-state index in [0.29, 0.717) is 33.7 Å². The van der Waals surface area contributed by atoms with Crippen LogP contribution in [-0.2, 0) is 6.54 Å². The largest absolute Gasteiger partial charge is 0.290 e. The SMILES string of the molecule is CCCCCn1nc(C(=O)NNC(=O)c2cnn(-c3cccc(Cl)c3)c2C)c2ccccc2c1=O. The molecule has 10 heteroatoms. The number of halogens is 1. The molecular formula is C25H25ClN6O3. The Kier molecular flexibility index (Phi) is 7.26. The Morgan fingerprint density at radius 3 is 2.49 bits per heavy atom. The molecule has 0 spiro atoms. The molecule has 0 unspecified atom stereocenters. The topological polar surface area (TPSA) is 111 Å². The highest BCUT2D eigenvalue weighted by Crippen LogP contribution is 2.18. The van der Waals surface area contributed by atoms with E-state index in [0.717, 1.165) is 19.3 Å². The van der Waals surface area contributed by atoms with Crippen molar-refractivity contribution < 1.29 is 9.59 Å². The summed E-state index contributed by atoms with van der Waals surface area (Å²) in [4.78, 5) is 38.6. The predicted octanol–water partition coefficient (Wildman–Crippen LogP) is 3.81. The lowest BCUT2D eigenvalue weighted by Gasteiger charge is -2.12. The fourth-order valence-electron chi connectivity index (χ4n) is 3.81. The first-order chi connectivity index (χ1) is 16.9. The Balaban J connectivity index is 1.55. The third kappa shape index (κ3) is 5.09. The van der Waals surface area contributed by atoms with E-state index < -0.39 is 11.8 Å². The summed E-state index contributed by atoms with van der Waals surface area (Å²) in [5.74, 6) is -1.16. The van der Waals surface area contributed by atoms with Crippen LogP contribution in [0, 0.1) is 6.92 Å². The molecule has 0 saturated carbocycles. The van der Waals surface area contributed by atoms with E-state index in [1.165, 1.54) is 10.9 Å². The van der Waals surface area contributed by atoms with Gasteiger partial charge in [0.2, 0.25) is 0 Å². The summed E-state index contributed by atoms with van der Waals surface area (Å²) in [6, 6.07) is 13.9. The molecule has 0 bridgehead atoms. The minimum atomic E-state index is -0.626. The molecule has 0 atom stereocenters. The number of carbonyl (C=O) groups excluding carboxylic acids is 2. The van der Waals surface area contributed by atoms with E-state index in [4.69, 9.17) is 11.6 Å². The van der Waals surface area contributed by atoms with E-state index in [2.05, 4.69) is 28.0 Å². The van der Waals surface area contributed by atoms with Crippen LogP contribution in [-0.4, -0.2) is 31.4 Å². The first kappa shape index (κ1) is 24.2. The molecule has 2 N–H and O–H groups in total. The number of aromatic nitrogens is 4. The highest BCUT2D eigenvalue weighted by molar-refractivity contribution is 6.30. The molecule has 0 saturated heterocycles. The number of carbonyl (C=O) groups is 2. The minimum Gasteiger partial charge on any atom is -0.267 e. The van der Waals surface area contributed by atoms with Gasteiger partial charge in [0.15, 0.2) is 5.69 Å². The van der Waals surface area contributed by atoms with Gasteiger partial charge in [-0.25, -0.2) is 9.36 Å². The number of unbranched alkanes of at least 4 members (excludes halogenated alkanes) is 2. The molecule has 4 rings (SSSR count). The van der Waals surface area contributed by atoms with Crippen molar-refractivity contribution in [3.05, 3.63) is 87.1 Å². The van der Waals surface area contributed by atoms with Crippen LogP contribution in [0.15, 0.2) is 59.5 Å². The maximum absolute atomic E-state index is 13.0. The van der Waals surface area contributed by atoms with Crippen molar-refractivity contribution >= 4 is 34.2 Å². The van der Waals surface area contributed by atoms with Crippen LogP contribution in [0.3, 0.4) is 0 Å². The van der Waals surface area contributed by atoms with Crippen LogP contribution in [0.1, 0.15) is 52.7 Å². The Morgan fingerprint density at radius 1 is 1.00 bits per heavy atom. The van der Waals surface area contributed by atoms with E-state index in [-0.39, 0.29) is 16.8 Å². The summed E-state index contributed by atoms with van der Waals surface area (Å²) in [7, 11) is 0. The summed E-state index contributed by atoms with van der Waals surface area (Å²) in [6.45, 7) is 4.22. The van der Waals surface area contributed by atoms with Gasteiger partial charge in [0.05, 0.1) is 28.5 Å². The third-order valence-corrected chi connectivity index (χ3v) is 5.89. The number of rotatable bonds is 7. The second-order valence-corrected chi connectivity index (χ2v) is 8.51. The molecule has 2 aromatic heterocycles. The normalized spacial score (nSPS) is 10.9. The first-order valence-corrected chi connectivity index (χ1v) is 11.7. The number of benzene rings is 2. The Bertz CT molecular complexity index is 1460. The lowest BCUT2D eigenvalue weighted by Crippen LogP contribution is -2.43. The summed E-state index contributed by atoms with van der Waals surface area (Å²) < 4.78 is 2.90. The Hall–Kier alpha value is -3.98. The molecule has 9 nitrogen and oxygen atoms in total. The summed E-state index contributed by atoms with van der Waals surface area (Å²) in [5, 5.41) is 9.93. The van der Waals surface area contributed by atoms with E-state index in [1.807, 2.05) is 6.07 Å². The van der Waals surface area contributed by atoms with Crippen molar-refractivity contribution in [2.24, 2.45) is 0 Å². The van der Waals surface area contributed by atoms with Crippen LogP contribution >= 0.6 is 11.6 Å². The molecule has 2 heterocycles. The van der Waals surface area contributed by atoms with Gasteiger partial charge in [-0.3, -0.25) is 25.2 Å². The van der Waals surface area contributed by atoms with Crippen molar-refractivity contribution in [3.63, 3.8) is 0 Å². The molecule has 0 aliphatic rings. The van der Waals surface area contributed by atoms with Crippen LogP contribution in [0.2, 0.25) is 5.02 Å². The smallest absolute Gasteiger partial charge is 0.267 e. The number of hydrazine groups is 1. The van der Waals surface area contributed by atoms with Crippen molar-refractivity contribution in [2.75, 3.05) is 0 Å². The predicted molar refractivity (Wildman–Crippen MR) is 134 cm³/mol. The standard InChI is InChI=1S/C25H25ClN6O3/c1-3-4-7-13-31-25(35)20-12-6-5-11-19(20)22(30-31)24(34)29-28-23(33)21-15-27-32(16(21)2)18-10-8-9-17(26)14-18/h5-6,8-12,14-15H,3-4,7,13H2,1-2H3,(H,28,33)(H,29,34). The Morgan fingerprint density at radius 2 is 1.74 bits per heavy atom. The molecular weight excluding hydrogens is 468 g/mol. The van der Waals surface area contributed by atoms with E-state index >= 15 is 0 Å². The maximum Gasteiger partial charge on any atom is 0.290 e. The van der Waals surface area contributed by atoms with Gasteiger partial charge < -0.3 is 0 Å². The zero-order chi connectivity index (χ0) is 24.9. The van der Waals surface area contributed by atoms with Gasteiger partial charge in [0.1, 0.15) is 0 Å². The van der Waals surface area contributed by atoms with Gasteiger partial charge in [-0.1, -0.05) is 55.6 Å². The van der Waals surface area contributed by atoms with Crippen molar-refractivity contribution in [1.82, 2.24) is 30.4 Å². The summed E-state index contributed by atoms with van der Waals surface area (Å²) in [5.41, 5.74) is 6.21. The quantitative estimate of drug-likeness (QED) is 0.301. The zero-order valence-corrected chi connectivity index (χ0v) is 20.2. The molecule has 4 aromatic rings. The number of fused-ring (bicyclic) bond motifs is 1. The highest BCUT2D eigenvalue weighted by Gasteiger charge is 2.19. The van der Waals surface area contributed by atoms with E-state index in [1.54, 1.807) is 54.1 Å². The van der Waals surface area contributed by atoms with Gasteiger partial charge in [-0.05, 0) is 37.6 Å². The monoisotopic (exact) mass is 492 g/mol. The first-order valence-electron chi connectivity index (χ1n) is 11.3. The minimum absolute atomic E-state index is 0.0587. The molecule has 0 aliphatic heterocycles. The Labute approximate surface area is 206 Å². The molecule has 180 valence electrons. The van der Waals surface area contributed by atoms with Crippen LogP contribution in [0.4, 0.5) is 0 Å². The maximum atomic E-state index is 13.0. The number of amides is 2. The molecule has 2 aromatic carbocycles. The van der Waals surface area contributed by atoms with Crippen LogP contribution < -0.4 is 16.4 Å². The fourth-order valence-corrected chi connectivity index (χ4v) is 3.99. The highest BCUT2D eigenvalue weighted by atomic mass is 35.5. The average molecular weight is 493 g/mol. The lowest BCUT2D eigenvalue weighted by atomic mass is 10.1. The van der Waals surface area contributed by atoms with Gasteiger partial charge >= 0.3 is 0 Å². The number of nitrogens with one attached hydrogen (secondary N) is 2. The molecule has 2 amide bonds. The van der Waals surface area contributed by atoms with Crippen molar-refractivity contribution in [2.45, 2.75) is 39.7 Å². The average Bonchev–Trinajstić information content (AvgIpc) is 3.25. The van der Waals surface area contributed by atoms with Crippen LogP contribution in [0.5, 0.6) is 0 Å². The van der Waals surface area contributed by atoms with Crippen LogP contribution in [0.25, 0.3) is 16.5 Å². The van der Waals surface area contributed by atoms with Gasteiger partial charge in [-0.15, -0.1) is 0 Å². The molecule has 35 heavy (non-hydrogen) atoms. The van der Waals surface area contributed by atoms with Crippen molar-refractivity contribution in [1.29, 1.82) is 0 Å². The zero-order valence-electron chi connectivity index (χ0n) is 19.4. The fraction of sp³-hybridized carbons (Fsp3) is 0.240. The lowest BCUT2D eigenvalue weighted by molar-refractivity contribution is 0.0843. The van der Waals surface area contributed by atoms with E-state index in [9.17, 15) is 14.4 Å². The molecule has 0 fully saturated rings. The summed E-state index contributed by atoms with van der Waals surface area (Å²) in [6.07, 6.45) is 4.13. The second-order valence-electron chi connectivity index (χ2n) is 8.07. The number of hydrogen-bond donors (Lipinski definition) is 2.